The zero-order chi connectivity index (χ0) is 28.6. The predicted molar refractivity (Wildman–Crippen MR) is 146 cm³/mol. The largest absolute Gasteiger partial charge is 0.507 e. The number of phenols is 1. The van der Waals surface area contributed by atoms with Crippen molar-refractivity contribution in [2.24, 2.45) is 0 Å². The van der Waals surface area contributed by atoms with Gasteiger partial charge in [-0.1, -0.05) is 24.3 Å². The molecule has 1 aliphatic rings. The van der Waals surface area contributed by atoms with Crippen molar-refractivity contribution in [1.82, 2.24) is 0 Å². The first-order valence-electron chi connectivity index (χ1n) is 12.2. The van der Waals surface area contributed by atoms with Crippen molar-refractivity contribution in [3.63, 3.8) is 0 Å². The van der Waals surface area contributed by atoms with Crippen LogP contribution in [0.3, 0.4) is 0 Å². The maximum atomic E-state index is 14.1. The number of hydrogen-bond donors (Lipinski definition) is 3. The van der Waals surface area contributed by atoms with Gasteiger partial charge in [0.15, 0.2) is 11.6 Å². The Kier molecular flexibility index (Phi) is 5.31. The van der Waals surface area contributed by atoms with Gasteiger partial charge in [-0.25, -0.2) is 0 Å². The Labute approximate surface area is 224 Å². The molecular formula is C31H20O9. The number of hydrogen-bond acceptors (Lipinski definition) is 9. The van der Waals surface area contributed by atoms with E-state index in [1.165, 1.54) is 24.3 Å². The van der Waals surface area contributed by atoms with Crippen LogP contribution < -0.4 is 10.9 Å². The summed E-state index contributed by atoms with van der Waals surface area (Å²) < 4.78 is 11.0. The summed E-state index contributed by atoms with van der Waals surface area (Å²) in [7, 11) is 0. The molecule has 3 N–H and O–H groups in total. The molecule has 0 aliphatic heterocycles. The molecule has 0 spiro atoms. The van der Waals surface area contributed by atoms with E-state index in [2.05, 4.69) is 0 Å². The Morgan fingerprint density at radius 1 is 0.600 bits per heavy atom. The predicted octanol–water partition coefficient (Wildman–Crippen LogP) is 4.93. The van der Waals surface area contributed by atoms with E-state index in [0.29, 0.717) is 16.7 Å². The van der Waals surface area contributed by atoms with Crippen LogP contribution in [0.4, 0.5) is 0 Å². The number of benzene rings is 3. The molecule has 0 bridgehead atoms. The zero-order valence-corrected chi connectivity index (χ0v) is 21.4. The third-order valence-corrected chi connectivity index (χ3v) is 7.16. The average molecular weight is 536 g/mol. The number of allylic oxidation sites excluding steroid dienone is 2. The topological polar surface area (TPSA) is 155 Å². The Morgan fingerprint density at radius 2 is 1.07 bits per heavy atom. The summed E-state index contributed by atoms with van der Waals surface area (Å²) in [6, 6.07) is 12.0. The molecular weight excluding hydrogens is 516 g/mol. The van der Waals surface area contributed by atoms with Gasteiger partial charge < -0.3 is 24.2 Å². The second kappa shape index (κ2) is 8.54. The van der Waals surface area contributed by atoms with E-state index in [1.54, 1.807) is 45.0 Å². The maximum Gasteiger partial charge on any atom is 0.294 e. The molecule has 9 nitrogen and oxygen atoms in total. The first-order chi connectivity index (χ1) is 19.0. The van der Waals surface area contributed by atoms with Crippen LogP contribution in [0.25, 0.3) is 33.1 Å². The molecule has 0 amide bonds. The van der Waals surface area contributed by atoms with Gasteiger partial charge in [0.05, 0.1) is 27.5 Å². The zero-order valence-electron chi connectivity index (χ0n) is 21.4. The molecule has 0 radical (unpaired) electrons. The highest BCUT2D eigenvalue weighted by Crippen LogP contribution is 2.44. The minimum Gasteiger partial charge on any atom is -0.507 e. The highest BCUT2D eigenvalue weighted by Gasteiger charge is 2.41. The van der Waals surface area contributed by atoms with E-state index < -0.39 is 67.9 Å². The molecule has 40 heavy (non-hydrogen) atoms. The van der Waals surface area contributed by atoms with Crippen LogP contribution in [-0.2, 0) is 0 Å². The van der Waals surface area contributed by atoms with Crippen LogP contribution in [-0.4, -0.2) is 26.9 Å². The second-order valence-electron chi connectivity index (χ2n) is 9.73. The molecule has 6 rings (SSSR count). The number of ketones is 2. The Hall–Kier alpha value is -5.44. The van der Waals surface area contributed by atoms with Gasteiger partial charge in [0.1, 0.15) is 28.0 Å². The van der Waals surface area contributed by atoms with Crippen molar-refractivity contribution >= 4 is 44.7 Å². The fourth-order valence-corrected chi connectivity index (χ4v) is 5.38. The third kappa shape index (κ3) is 3.34. The first-order valence-corrected chi connectivity index (χ1v) is 12.2. The standard InChI is InChI=1S/C31H20O9/c1-12-10-15-21(16(32)11-12)29(36)23(25-28(35)20-14(3)7-5-9-18(20)40-31(25)38)22(26(15)33)24-27(34)19-13(2)6-4-8-17(19)39-30(24)37/h4-11,32,37-38H,1-3H3. The van der Waals surface area contributed by atoms with Crippen molar-refractivity contribution in [3.8, 4) is 17.6 Å². The van der Waals surface area contributed by atoms with Crippen molar-refractivity contribution in [2.45, 2.75) is 20.8 Å². The number of phenolic OH excluding ortho intramolecular Hbond substituents is 1. The first kappa shape index (κ1) is 24.9. The molecule has 2 heterocycles. The molecule has 0 unspecified atom stereocenters. The lowest BCUT2D eigenvalue weighted by atomic mass is 9.77. The number of Topliss-reactive ketones (excluding diaryl/α,β-unsaturated/α-hetero) is 2. The lowest BCUT2D eigenvalue weighted by Crippen LogP contribution is -2.27. The number of rotatable bonds is 2. The van der Waals surface area contributed by atoms with E-state index in [0.717, 1.165) is 0 Å². The quantitative estimate of drug-likeness (QED) is 0.285. The van der Waals surface area contributed by atoms with Gasteiger partial charge in [0.25, 0.3) is 11.9 Å². The second-order valence-corrected chi connectivity index (χ2v) is 9.73. The van der Waals surface area contributed by atoms with E-state index >= 15 is 0 Å². The summed E-state index contributed by atoms with van der Waals surface area (Å²) in [6.07, 6.45) is 0. The SMILES string of the molecule is Cc1cc(O)c2c(c1)C(=O)C(c1c(O)oc3cccc(C)c3c1=O)=C(c1c(O)oc3cccc(C)c3c1=O)C2=O. The minimum atomic E-state index is -1.03. The summed E-state index contributed by atoms with van der Waals surface area (Å²) in [6.45, 7) is 4.85. The summed E-state index contributed by atoms with van der Waals surface area (Å²) in [5.74, 6) is -4.44. The van der Waals surface area contributed by atoms with Gasteiger partial charge in [-0.3, -0.25) is 19.2 Å². The van der Waals surface area contributed by atoms with E-state index in [-0.39, 0.29) is 27.5 Å². The Bertz CT molecular complexity index is 2140. The maximum absolute atomic E-state index is 14.1. The molecule has 0 atom stereocenters. The summed E-state index contributed by atoms with van der Waals surface area (Å²) in [4.78, 5) is 55.9. The molecule has 0 saturated carbocycles. The Morgan fingerprint density at radius 3 is 1.57 bits per heavy atom. The smallest absolute Gasteiger partial charge is 0.294 e. The van der Waals surface area contributed by atoms with Gasteiger partial charge in [0.2, 0.25) is 10.9 Å². The number of carbonyl (C=O) groups excluding carboxylic acids is 2. The fourth-order valence-electron chi connectivity index (χ4n) is 5.38. The van der Waals surface area contributed by atoms with Crippen LogP contribution >= 0.6 is 0 Å². The summed E-state index contributed by atoms with van der Waals surface area (Å²) >= 11 is 0. The normalized spacial score (nSPS) is 13.4. The molecule has 2 aromatic heterocycles. The van der Waals surface area contributed by atoms with Gasteiger partial charge in [-0.05, 0) is 61.7 Å². The van der Waals surface area contributed by atoms with Crippen molar-refractivity contribution in [3.05, 3.63) is 108 Å². The third-order valence-electron chi connectivity index (χ3n) is 7.16. The molecule has 9 heteroatoms. The van der Waals surface area contributed by atoms with Gasteiger partial charge in [0, 0.05) is 5.56 Å². The van der Waals surface area contributed by atoms with Crippen LogP contribution in [0.5, 0.6) is 17.6 Å². The molecule has 0 fully saturated rings. The minimum absolute atomic E-state index is 0.0329. The molecule has 1 aliphatic carbocycles. The van der Waals surface area contributed by atoms with E-state index in [4.69, 9.17) is 8.83 Å². The number of aryl methyl sites for hydroxylation is 3. The highest BCUT2D eigenvalue weighted by molar-refractivity contribution is 6.52. The fraction of sp³-hybridized carbons (Fsp3) is 0.0968. The lowest BCUT2D eigenvalue weighted by molar-refractivity contribution is 0.101. The van der Waals surface area contributed by atoms with Crippen LogP contribution in [0.1, 0.15) is 48.5 Å². The van der Waals surface area contributed by atoms with E-state index in [1.807, 2.05) is 0 Å². The number of aromatic hydroxyl groups is 3. The molecule has 5 aromatic rings. The Balaban J connectivity index is 1.85. The van der Waals surface area contributed by atoms with E-state index in [9.17, 15) is 34.5 Å². The van der Waals surface area contributed by atoms with Crippen molar-refractivity contribution in [1.29, 1.82) is 0 Å². The summed E-state index contributed by atoms with van der Waals surface area (Å²) in [5, 5.41) is 32.6. The summed E-state index contributed by atoms with van der Waals surface area (Å²) in [5.41, 5.74) is -3.60. The molecule has 0 saturated heterocycles. The monoisotopic (exact) mass is 536 g/mol. The van der Waals surface area contributed by atoms with Crippen LogP contribution in [0.15, 0.2) is 67.0 Å². The number of carbonyl (C=O) groups is 2. The van der Waals surface area contributed by atoms with Crippen molar-refractivity contribution in [2.75, 3.05) is 0 Å². The van der Waals surface area contributed by atoms with Crippen molar-refractivity contribution < 1.29 is 33.7 Å². The molecule has 3 aromatic carbocycles. The molecule has 198 valence electrons. The average Bonchev–Trinajstić information content (AvgIpc) is 2.87. The van der Waals surface area contributed by atoms with Crippen LogP contribution in [0.2, 0.25) is 0 Å². The van der Waals surface area contributed by atoms with Gasteiger partial charge in [-0.2, -0.15) is 0 Å². The number of fused-ring (bicyclic) bond motifs is 3. The van der Waals surface area contributed by atoms with Crippen LogP contribution in [0, 0.1) is 20.8 Å². The highest BCUT2D eigenvalue weighted by atomic mass is 16.5. The lowest BCUT2D eigenvalue weighted by Gasteiger charge is -2.23. The van der Waals surface area contributed by atoms with Gasteiger partial charge in [-0.15, -0.1) is 0 Å². The van der Waals surface area contributed by atoms with Gasteiger partial charge >= 0.3 is 0 Å².